The zero-order valence-electron chi connectivity index (χ0n) is 10.6. The summed E-state index contributed by atoms with van der Waals surface area (Å²) in [7, 11) is 0. The van der Waals surface area contributed by atoms with E-state index < -0.39 is 11.7 Å². The minimum absolute atomic E-state index is 0.229. The predicted molar refractivity (Wildman–Crippen MR) is 64.8 cm³/mol. The summed E-state index contributed by atoms with van der Waals surface area (Å²) in [5.74, 6) is 0. The predicted octanol–water partition coefficient (Wildman–Crippen LogP) is 2.23. The Hall–Kier alpha value is -1.62. The molecule has 0 radical (unpaired) electrons. The summed E-state index contributed by atoms with van der Waals surface area (Å²) in [6.07, 6.45) is 1.03. The standard InChI is InChI=1S/C12H18N2O3/c1-8-5-6-13-9(7-15)10(8)14-11(16)17-12(2,3)4/h5-6,15H,7H2,1-4H3,(H,14,16). The summed E-state index contributed by atoms with van der Waals surface area (Å²) in [6.45, 7) is 6.96. The summed E-state index contributed by atoms with van der Waals surface area (Å²) < 4.78 is 5.14. The molecule has 17 heavy (non-hydrogen) atoms. The molecule has 1 rings (SSSR count). The van der Waals surface area contributed by atoms with Gasteiger partial charge in [0.15, 0.2) is 0 Å². The average molecular weight is 238 g/mol. The van der Waals surface area contributed by atoms with Crippen LogP contribution in [0.25, 0.3) is 0 Å². The number of aliphatic hydroxyl groups excluding tert-OH is 1. The van der Waals surface area contributed by atoms with E-state index in [1.807, 2.05) is 6.92 Å². The summed E-state index contributed by atoms with van der Waals surface area (Å²) in [5.41, 5.74) is 1.20. The highest BCUT2D eigenvalue weighted by Gasteiger charge is 2.18. The first-order valence-corrected chi connectivity index (χ1v) is 5.39. The topological polar surface area (TPSA) is 71.5 Å². The van der Waals surface area contributed by atoms with Crippen molar-refractivity contribution >= 4 is 11.8 Å². The molecule has 5 nitrogen and oxygen atoms in total. The van der Waals surface area contributed by atoms with Gasteiger partial charge in [-0.05, 0) is 39.3 Å². The van der Waals surface area contributed by atoms with Crippen molar-refractivity contribution in [3.63, 3.8) is 0 Å². The molecule has 0 spiro atoms. The number of anilines is 1. The molecule has 94 valence electrons. The molecule has 2 N–H and O–H groups in total. The third-order valence-electron chi connectivity index (χ3n) is 2.01. The Morgan fingerprint density at radius 3 is 2.71 bits per heavy atom. The van der Waals surface area contributed by atoms with Crippen molar-refractivity contribution in [2.24, 2.45) is 0 Å². The molecule has 1 aromatic rings. The second-order valence-electron chi connectivity index (χ2n) is 4.73. The van der Waals surface area contributed by atoms with E-state index in [-0.39, 0.29) is 6.61 Å². The van der Waals surface area contributed by atoms with Gasteiger partial charge in [-0.3, -0.25) is 10.3 Å². The minimum Gasteiger partial charge on any atom is -0.444 e. The molecule has 0 fully saturated rings. The van der Waals surface area contributed by atoms with Crippen molar-refractivity contribution in [3.8, 4) is 0 Å². The number of aromatic nitrogens is 1. The number of amides is 1. The molecule has 1 heterocycles. The lowest BCUT2D eigenvalue weighted by Gasteiger charge is -2.20. The number of hydrogen-bond donors (Lipinski definition) is 2. The molecule has 0 unspecified atom stereocenters. The summed E-state index contributed by atoms with van der Waals surface area (Å²) >= 11 is 0. The second kappa shape index (κ2) is 5.14. The van der Waals surface area contributed by atoms with Gasteiger partial charge in [-0.1, -0.05) is 0 Å². The second-order valence-corrected chi connectivity index (χ2v) is 4.73. The lowest BCUT2D eigenvalue weighted by molar-refractivity contribution is 0.0635. The Labute approximate surface area is 101 Å². The van der Waals surface area contributed by atoms with Crippen molar-refractivity contribution in [1.82, 2.24) is 4.98 Å². The van der Waals surface area contributed by atoms with Crippen molar-refractivity contribution in [2.75, 3.05) is 5.32 Å². The van der Waals surface area contributed by atoms with Gasteiger partial charge in [-0.25, -0.2) is 4.79 Å². The zero-order chi connectivity index (χ0) is 13.1. The van der Waals surface area contributed by atoms with Crippen LogP contribution in [0.1, 0.15) is 32.0 Å². The Bertz CT molecular complexity index is 411. The summed E-state index contributed by atoms with van der Waals surface area (Å²) in [6, 6.07) is 1.76. The molecule has 0 atom stereocenters. The highest BCUT2D eigenvalue weighted by atomic mass is 16.6. The number of rotatable bonds is 2. The van der Waals surface area contributed by atoms with Crippen LogP contribution >= 0.6 is 0 Å². The SMILES string of the molecule is Cc1ccnc(CO)c1NC(=O)OC(C)(C)C. The fourth-order valence-corrected chi connectivity index (χ4v) is 1.31. The normalized spacial score (nSPS) is 11.1. The van der Waals surface area contributed by atoms with Gasteiger partial charge in [0.2, 0.25) is 0 Å². The Kier molecular flexibility index (Phi) is 4.07. The number of carbonyl (C=O) groups is 1. The van der Waals surface area contributed by atoms with Gasteiger partial charge in [-0.15, -0.1) is 0 Å². The van der Waals surface area contributed by atoms with Crippen LogP contribution in [0.4, 0.5) is 10.5 Å². The van der Waals surface area contributed by atoms with E-state index in [0.717, 1.165) is 5.56 Å². The fourth-order valence-electron chi connectivity index (χ4n) is 1.31. The molecule has 0 saturated carbocycles. The van der Waals surface area contributed by atoms with Crippen LogP contribution in [0.5, 0.6) is 0 Å². The first-order valence-electron chi connectivity index (χ1n) is 5.39. The third-order valence-corrected chi connectivity index (χ3v) is 2.01. The van der Waals surface area contributed by atoms with Crippen LogP contribution in [0.2, 0.25) is 0 Å². The van der Waals surface area contributed by atoms with Gasteiger partial charge in [0.05, 0.1) is 18.0 Å². The molecule has 5 heteroatoms. The molecule has 0 aromatic carbocycles. The van der Waals surface area contributed by atoms with Gasteiger partial charge in [0, 0.05) is 6.20 Å². The number of aryl methyl sites for hydroxylation is 1. The maximum Gasteiger partial charge on any atom is 0.412 e. The lowest BCUT2D eigenvalue weighted by Crippen LogP contribution is -2.28. The summed E-state index contributed by atoms with van der Waals surface area (Å²) in [5, 5.41) is 11.7. The van der Waals surface area contributed by atoms with E-state index >= 15 is 0 Å². The largest absolute Gasteiger partial charge is 0.444 e. The average Bonchev–Trinajstić information content (AvgIpc) is 2.18. The lowest BCUT2D eigenvalue weighted by atomic mass is 10.2. The Morgan fingerprint density at radius 2 is 2.18 bits per heavy atom. The number of aliphatic hydroxyl groups is 1. The van der Waals surface area contributed by atoms with Gasteiger partial charge < -0.3 is 9.84 Å². The molecule has 0 aliphatic carbocycles. The molecule has 1 amide bonds. The maximum atomic E-state index is 11.6. The van der Waals surface area contributed by atoms with Crippen molar-refractivity contribution < 1.29 is 14.6 Å². The van der Waals surface area contributed by atoms with E-state index in [1.165, 1.54) is 0 Å². The van der Waals surface area contributed by atoms with Crippen LogP contribution in [0.15, 0.2) is 12.3 Å². The highest BCUT2D eigenvalue weighted by Crippen LogP contribution is 2.19. The first-order chi connectivity index (χ1) is 7.83. The van der Waals surface area contributed by atoms with E-state index in [4.69, 9.17) is 9.84 Å². The van der Waals surface area contributed by atoms with Crippen LogP contribution in [0, 0.1) is 6.92 Å². The van der Waals surface area contributed by atoms with Crippen LogP contribution in [-0.2, 0) is 11.3 Å². The molecule has 0 saturated heterocycles. The number of carbonyl (C=O) groups excluding carboxylic acids is 1. The van der Waals surface area contributed by atoms with Crippen molar-refractivity contribution in [1.29, 1.82) is 0 Å². The van der Waals surface area contributed by atoms with Crippen LogP contribution < -0.4 is 5.32 Å². The van der Waals surface area contributed by atoms with Gasteiger partial charge in [0.25, 0.3) is 0 Å². The summed E-state index contributed by atoms with van der Waals surface area (Å²) in [4.78, 5) is 15.6. The van der Waals surface area contributed by atoms with Gasteiger partial charge in [0.1, 0.15) is 5.60 Å². The smallest absolute Gasteiger partial charge is 0.412 e. The van der Waals surface area contributed by atoms with Crippen LogP contribution in [-0.4, -0.2) is 21.8 Å². The third kappa shape index (κ3) is 4.03. The Balaban J connectivity index is 2.84. The number of pyridine rings is 1. The quantitative estimate of drug-likeness (QED) is 0.828. The van der Waals surface area contributed by atoms with Gasteiger partial charge >= 0.3 is 6.09 Å². The molecule has 0 aliphatic rings. The molecular formula is C12H18N2O3. The van der Waals surface area contributed by atoms with E-state index in [1.54, 1.807) is 33.0 Å². The van der Waals surface area contributed by atoms with Crippen molar-refractivity contribution in [3.05, 3.63) is 23.5 Å². The minimum atomic E-state index is -0.556. The highest BCUT2D eigenvalue weighted by molar-refractivity contribution is 5.86. The monoisotopic (exact) mass is 238 g/mol. The number of nitrogens with zero attached hydrogens (tertiary/aromatic N) is 1. The first kappa shape index (κ1) is 13.4. The maximum absolute atomic E-state index is 11.6. The van der Waals surface area contributed by atoms with E-state index in [0.29, 0.717) is 11.4 Å². The number of nitrogens with one attached hydrogen (secondary N) is 1. The molecule has 0 bridgehead atoms. The van der Waals surface area contributed by atoms with Crippen LogP contribution in [0.3, 0.4) is 0 Å². The molecular weight excluding hydrogens is 220 g/mol. The number of ether oxygens (including phenoxy) is 1. The zero-order valence-corrected chi connectivity index (χ0v) is 10.6. The van der Waals surface area contributed by atoms with Crippen molar-refractivity contribution in [2.45, 2.75) is 39.9 Å². The number of hydrogen-bond acceptors (Lipinski definition) is 4. The van der Waals surface area contributed by atoms with Gasteiger partial charge in [-0.2, -0.15) is 0 Å². The molecule has 1 aromatic heterocycles. The fraction of sp³-hybridized carbons (Fsp3) is 0.500. The molecule has 0 aliphatic heterocycles. The Morgan fingerprint density at radius 1 is 1.53 bits per heavy atom. The van der Waals surface area contributed by atoms with E-state index in [2.05, 4.69) is 10.3 Å². The van der Waals surface area contributed by atoms with E-state index in [9.17, 15) is 4.79 Å².